The van der Waals surface area contributed by atoms with Gasteiger partial charge in [-0.3, -0.25) is 0 Å². The maximum Gasteiger partial charge on any atom is 0.119 e. The van der Waals surface area contributed by atoms with Crippen LogP contribution >= 0.6 is 0 Å². The first-order valence-corrected chi connectivity index (χ1v) is 8.10. The number of benzene rings is 2. The number of unbranched alkanes of at least 4 members (excludes halogenated alkanes) is 1. The van der Waals surface area contributed by atoms with Gasteiger partial charge in [0.1, 0.15) is 5.75 Å². The predicted molar refractivity (Wildman–Crippen MR) is 93.6 cm³/mol. The number of imidazole rings is 1. The third kappa shape index (κ3) is 4.22. The summed E-state index contributed by atoms with van der Waals surface area (Å²) in [5.74, 6) is 0.931. The standard InChI is InChI=1S/C20H22N2O/c1-16-20(22-15-21-16)9-5-6-14-23-19-12-10-18(11-13-19)17-7-3-2-4-8-17/h2-4,7-8,10-13,15H,5-6,9,14H2,1H3,(H,21,22). The Hall–Kier alpha value is -2.55. The summed E-state index contributed by atoms with van der Waals surface area (Å²) in [5, 5.41) is 0. The van der Waals surface area contributed by atoms with Crippen molar-refractivity contribution in [2.24, 2.45) is 0 Å². The van der Waals surface area contributed by atoms with Gasteiger partial charge in [0.25, 0.3) is 0 Å². The Morgan fingerprint density at radius 3 is 2.35 bits per heavy atom. The summed E-state index contributed by atoms with van der Waals surface area (Å²) in [7, 11) is 0. The molecule has 0 aliphatic heterocycles. The van der Waals surface area contributed by atoms with E-state index in [9.17, 15) is 0 Å². The van der Waals surface area contributed by atoms with E-state index in [1.807, 2.05) is 18.2 Å². The van der Waals surface area contributed by atoms with Crippen molar-refractivity contribution >= 4 is 0 Å². The highest BCUT2D eigenvalue weighted by atomic mass is 16.5. The van der Waals surface area contributed by atoms with Crippen LogP contribution in [0, 0.1) is 6.92 Å². The van der Waals surface area contributed by atoms with Crippen molar-refractivity contribution in [3.63, 3.8) is 0 Å². The largest absolute Gasteiger partial charge is 0.494 e. The molecule has 0 aliphatic carbocycles. The molecule has 118 valence electrons. The molecule has 0 bridgehead atoms. The van der Waals surface area contributed by atoms with Gasteiger partial charge in [-0.15, -0.1) is 0 Å². The molecule has 0 spiro atoms. The van der Waals surface area contributed by atoms with Crippen LogP contribution in [0.1, 0.15) is 24.2 Å². The number of hydrogen-bond acceptors (Lipinski definition) is 2. The van der Waals surface area contributed by atoms with Crippen LogP contribution in [0.25, 0.3) is 11.1 Å². The van der Waals surface area contributed by atoms with Crippen LogP contribution < -0.4 is 4.74 Å². The first kappa shape index (κ1) is 15.3. The van der Waals surface area contributed by atoms with Gasteiger partial charge in [-0.1, -0.05) is 42.5 Å². The molecule has 0 amide bonds. The van der Waals surface area contributed by atoms with E-state index in [1.165, 1.54) is 16.8 Å². The molecule has 3 rings (SSSR count). The predicted octanol–water partition coefficient (Wildman–Crippen LogP) is 4.79. The number of hydrogen-bond donors (Lipinski definition) is 1. The van der Waals surface area contributed by atoms with Crippen LogP contribution in [0.3, 0.4) is 0 Å². The van der Waals surface area contributed by atoms with Gasteiger partial charge in [0, 0.05) is 5.69 Å². The molecule has 0 atom stereocenters. The number of nitrogens with one attached hydrogen (secondary N) is 1. The average Bonchev–Trinajstić information content (AvgIpc) is 3.01. The van der Waals surface area contributed by atoms with Crippen LogP contribution in [0.5, 0.6) is 5.75 Å². The normalized spacial score (nSPS) is 10.7. The van der Waals surface area contributed by atoms with Crippen molar-refractivity contribution in [2.75, 3.05) is 6.61 Å². The molecule has 0 unspecified atom stereocenters. The lowest BCUT2D eigenvalue weighted by atomic mass is 10.1. The van der Waals surface area contributed by atoms with Crippen LogP contribution in [0.4, 0.5) is 0 Å². The van der Waals surface area contributed by atoms with Gasteiger partial charge in [0.15, 0.2) is 0 Å². The zero-order valence-electron chi connectivity index (χ0n) is 13.5. The van der Waals surface area contributed by atoms with Crippen LogP contribution in [0.2, 0.25) is 0 Å². The number of H-pyrrole nitrogens is 1. The molecule has 3 aromatic rings. The Morgan fingerprint density at radius 2 is 1.65 bits per heavy atom. The van der Waals surface area contributed by atoms with Crippen molar-refractivity contribution in [2.45, 2.75) is 26.2 Å². The van der Waals surface area contributed by atoms with Gasteiger partial charge < -0.3 is 9.72 Å². The number of aromatic amines is 1. The Labute approximate surface area is 137 Å². The second kappa shape index (κ2) is 7.63. The van der Waals surface area contributed by atoms with Gasteiger partial charge in [-0.2, -0.15) is 0 Å². The highest BCUT2D eigenvalue weighted by Crippen LogP contribution is 2.22. The van der Waals surface area contributed by atoms with Gasteiger partial charge in [0.05, 0.1) is 18.6 Å². The summed E-state index contributed by atoms with van der Waals surface area (Å²) in [5.41, 5.74) is 4.78. The molecule has 0 aliphatic rings. The third-order valence-electron chi connectivity index (χ3n) is 3.97. The van der Waals surface area contributed by atoms with Gasteiger partial charge in [0.2, 0.25) is 0 Å². The summed E-state index contributed by atoms with van der Waals surface area (Å²) in [6.45, 7) is 2.81. The first-order chi connectivity index (χ1) is 11.3. The van der Waals surface area contributed by atoms with Crippen LogP contribution in [-0.2, 0) is 6.42 Å². The Bertz CT molecular complexity index is 717. The minimum atomic E-state index is 0.744. The molecular weight excluding hydrogens is 284 g/mol. The van der Waals surface area contributed by atoms with E-state index < -0.39 is 0 Å². The summed E-state index contributed by atoms with van der Waals surface area (Å²) in [4.78, 5) is 7.43. The fraction of sp³-hybridized carbons (Fsp3) is 0.250. The molecule has 2 aromatic carbocycles. The van der Waals surface area contributed by atoms with E-state index in [4.69, 9.17) is 4.74 Å². The zero-order valence-corrected chi connectivity index (χ0v) is 13.5. The topological polar surface area (TPSA) is 37.9 Å². The molecule has 3 nitrogen and oxygen atoms in total. The minimum absolute atomic E-state index is 0.744. The Morgan fingerprint density at radius 1 is 0.913 bits per heavy atom. The van der Waals surface area contributed by atoms with Crippen molar-refractivity contribution in [3.05, 3.63) is 72.3 Å². The highest BCUT2D eigenvalue weighted by molar-refractivity contribution is 5.63. The lowest BCUT2D eigenvalue weighted by Crippen LogP contribution is -1.99. The van der Waals surface area contributed by atoms with Gasteiger partial charge in [-0.25, -0.2) is 4.98 Å². The van der Waals surface area contributed by atoms with Crippen LogP contribution in [0.15, 0.2) is 60.9 Å². The van der Waals surface area contributed by atoms with E-state index in [0.717, 1.165) is 37.3 Å². The summed E-state index contributed by atoms with van der Waals surface area (Å²) < 4.78 is 5.82. The molecular formula is C20H22N2O. The van der Waals surface area contributed by atoms with Gasteiger partial charge >= 0.3 is 0 Å². The fourth-order valence-corrected chi connectivity index (χ4v) is 2.60. The highest BCUT2D eigenvalue weighted by Gasteiger charge is 2.01. The maximum absolute atomic E-state index is 5.82. The van der Waals surface area contributed by atoms with Crippen molar-refractivity contribution in [3.8, 4) is 16.9 Å². The van der Waals surface area contributed by atoms with Crippen molar-refractivity contribution in [1.29, 1.82) is 0 Å². The van der Waals surface area contributed by atoms with Crippen molar-refractivity contribution < 1.29 is 4.74 Å². The SMILES string of the molecule is Cc1[nH]cnc1CCCCOc1ccc(-c2ccccc2)cc1. The maximum atomic E-state index is 5.82. The second-order valence-corrected chi connectivity index (χ2v) is 5.67. The summed E-state index contributed by atoms with van der Waals surface area (Å²) in [6, 6.07) is 18.7. The molecule has 0 saturated carbocycles. The number of aryl methyl sites for hydroxylation is 2. The Balaban J connectivity index is 1.43. The molecule has 1 N–H and O–H groups in total. The number of rotatable bonds is 7. The molecule has 23 heavy (non-hydrogen) atoms. The summed E-state index contributed by atoms with van der Waals surface area (Å²) >= 11 is 0. The zero-order chi connectivity index (χ0) is 15.9. The quantitative estimate of drug-likeness (QED) is 0.637. The lowest BCUT2D eigenvalue weighted by Gasteiger charge is -2.07. The third-order valence-corrected chi connectivity index (χ3v) is 3.97. The lowest BCUT2D eigenvalue weighted by molar-refractivity contribution is 0.307. The first-order valence-electron chi connectivity index (χ1n) is 8.10. The molecule has 0 saturated heterocycles. The smallest absolute Gasteiger partial charge is 0.119 e. The number of aromatic nitrogens is 2. The van der Waals surface area contributed by atoms with E-state index in [2.05, 4.69) is 53.3 Å². The number of nitrogens with zero attached hydrogens (tertiary/aromatic N) is 1. The molecule has 1 aromatic heterocycles. The minimum Gasteiger partial charge on any atom is -0.494 e. The van der Waals surface area contributed by atoms with Crippen molar-refractivity contribution in [1.82, 2.24) is 9.97 Å². The van der Waals surface area contributed by atoms with E-state index in [-0.39, 0.29) is 0 Å². The van der Waals surface area contributed by atoms with E-state index in [0.29, 0.717) is 0 Å². The van der Waals surface area contributed by atoms with E-state index in [1.54, 1.807) is 6.33 Å². The van der Waals surface area contributed by atoms with E-state index >= 15 is 0 Å². The Kier molecular flexibility index (Phi) is 5.09. The summed E-state index contributed by atoms with van der Waals surface area (Å²) in [6.07, 6.45) is 4.89. The molecule has 3 heteroatoms. The monoisotopic (exact) mass is 306 g/mol. The van der Waals surface area contributed by atoms with Gasteiger partial charge in [-0.05, 0) is 49.4 Å². The average molecular weight is 306 g/mol. The molecule has 0 fully saturated rings. The van der Waals surface area contributed by atoms with Crippen LogP contribution in [-0.4, -0.2) is 16.6 Å². The number of ether oxygens (including phenoxy) is 1. The molecule has 0 radical (unpaired) electrons. The second-order valence-electron chi connectivity index (χ2n) is 5.67. The fourth-order valence-electron chi connectivity index (χ4n) is 2.60. The molecule has 1 heterocycles.